The van der Waals surface area contributed by atoms with Gasteiger partial charge >= 0.3 is 0 Å². The molecule has 1 amide bonds. The van der Waals surface area contributed by atoms with Crippen molar-refractivity contribution in [1.82, 2.24) is 5.32 Å². The number of hydrogen-bond acceptors (Lipinski definition) is 2. The molecule has 0 aromatic heterocycles. The maximum absolute atomic E-state index is 12.4. The second-order valence-corrected chi connectivity index (χ2v) is 6.92. The van der Waals surface area contributed by atoms with E-state index in [-0.39, 0.29) is 24.4 Å². The molecule has 2 aromatic rings. The summed E-state index contributed by atoms with van der Waals surface area (Å²) >= 11 is 5.98. The second-order valence-electron chi connectivity index (χ2n) is 6.49. The van der Waals surface area contributed by atoms with Crippen molar-refractivity contribution in [2.24, 2.45) is 5.92 Å². The molecule has 2 aromatic carbocycles. The van der Waals surface area contributed by atoms with Crippen molar-refractivity contribution in [2.75, 3.05) is 5.73 Å². The van der Waals surface area contributed by atoms with Crippen LogP contribution in [0.2, 0.25) is 5.02 Å². The predicted molar refractivity (Wildman–Crippen MR) is 106 cm³/mol. The molecule has 1 saturated carbocycles. The Bertz CT molecular complexity index is 699. The molecule has 0 spiro atoms. The molecule has 0 saturated heterocycles. The van der Waals surface area contributed by atoms with Gasteiger partial charge in [-0.3, -0.25) is 4.79 Å². The highest BCUT2D eigenvalue weighted by molar-refractivity contribution is 6.30. The van der Waals surface area contributed by atoms with Crippen molar-refractivity contribution in [3.63, 3.8) is 0 Å². The Labute approximate surface area is 160 Å². The highest BCUT2D eigenvalue weighted by Gasteiger charge is 2.29. The summed E-state index contributed by atoms with van der Waals surface area (Å²) < 4.78 is 0. The lowest BCUT2D eigenvalue weighted by Gasteiger charge is -2.34. The molecule has 3 nitrogen and oxygen atoms in total. The van der Waals surface area contributed by atoms with Crippen LogP contribution in [0.1, 0.15) is 42.9 Å². The number of nitrogens with two attached hydrogens (primary N) is 1. The van der Waals surface area contributed by atoms with E-state index in [0.29, 0.717) is 18.8 Å². The Hall–Kier alpha value is -1.71. The van der Waals surface area contributed by atoms with Gasteiger partial charge in [-0.1, -0.05) is 48.4 Å². The van der Waals surface area contributed by atoms with Gasteiger partial charge in [0.2, 0.25) is 5.91 Å². The molecule has 0 aliphatic heterocycles. The number of benzene rings is 2. The van der Waals surface area contributed by atoms with Gasteiger partial charge in [-0.15, -0.1) is 12.4 Å². The summed E-state index contributed by atoms with van der Waals surface area (Å²) in [7, 11) is 0. The van der Waals surface area contributed by atoms with Crippen LogP contribution < -0.4 is 11.1 Å². The number of rotatable bonds is 6. The van der Waals surface area contributed by atoms with E-state index in [1.807, 2.05) is 48.5 Å². The third kappa shape index (κ3) is 5.13. The van der Waals surface area contributed by atoms with E-state index in [0.717, 1.165) is 21.8 Å². The number of amides is 1. The van der Waals surface area contributed by atoms with Crippen molar-refractivity contribution in [1.29, 1.82) is 0 Å². The Kier molecular flexibility index (Phi) is 7.15. The zero-order valence-electron chi connectivity index (χ0n) is 14.1. The van der Waals surface area contributed by atoms with Crippen molar-refractivity contribution in [3.05, 3.63) is 64.7 Å². The van der Waals surface area contributed by atoms with Gasteiger partial charge in [-0.25, -0.2) is 0 Å². The summed E-state index contributed by atoms with van der Waals surface area (Å²) in [5.74, 6) is 0.599. The van der Waals surface area contributed by atoms with E-state index in [2.05, 4.69) is 5.32 Å². The SMILES string of the molecule is Cl.Nc1ccccc1CCC(=O)NC(c1ccc(Cl)cc1)C1CCC1. The van der Waals surface area contributed by atoms with Gasteiger partial charge in [0, 0.05) is 17.1 Å². The zero-order valence-corrected chi connectivity index (χ0v) is 15.7. The maximum atomic E-state index is 12.4. The minimum atomic E-state index is 0. The Morgan fingerprint density at radius 1 is 1.16 bits per heavy atom. The first-order valence-corrected chi connectivity index (χ1v) is 8.89. The second kappa shape index (κ2) is 9.12. The first-order valence-electron chi connectivity index (χ1n) is 8.51. The minimum Gasteiger partial charge on any atom is -0.399 e. The van der Waals surface area contributed by atoms with E-state index in [9.17, 15) is 4.79 Å². The van der Waals surface area contributed by atoms with Crippen molar-refractivity contribution in [3.8, 4) is 0 Å². The molecule has 1 unspecified atom stereocenters. The number of nitrogen functional groups attached to an aromatic ring is 1. The Morgan fingerprint density at radius 2 is 1.84 bits per heavy atom. The molecular formula is C20H24Cl2N2O. The van der Waals surface area contributed by atoms with Crippen LogP contribution in [0.25, 0.3) is 0 Å². The average molecular weight is 379 g/mol. The number of para-hydroxylation sites is 1. The molecule has 0 radical (unpaired) electrons. The Morgan fingerprint density at radius 3 is 2.44 bits per heavy atom. The maximum Gasteiger partial charge on any atom is 0.220 e. The van der Waals surface area contributed by atoms with Gasteiger partial charge in [0.1, 0.15) is 0 Å². The van der Waals surface area contributed by atoms with Gasteiger partial charge < -0.3 is 11.1 Å². The molecular weight excluding hydrogens is 355 g/mol. The summed E-state index contributed by atoms with van der Waals surface area (Å²) in [6, 6.07) is 15.6. The zero-order chi connectivity index (χ0) is 16.9. The summed E-state index contributed by atoms with van der Waals surface area (Å²) in [5, 5.41) is 3.94. The normalized spacial score (nSPS) is 14.9. The molecule has 25 heavy (non-hydrogen) atoms. The number of hydrogen-bond donors (Lipinski definition) is 2. The van der Waals surface area contributed by atoms with E-state index in [4.69, 9.17) is 17.3 Å². The molecule has 3 rings (SSSR count). The van der Waals surface area contributed by atoms with Gasteiger partial charge in [0.25, 0.3) is 0 Å². The summed E-state index contributed by atoms with van der Waals surface area (Å²) in [5.41, 5.74) is 8.86. The van der Waals surface area contributed by atoms with Crippen LogP contribution in [0.4, 0.5) is 5.69 Å². The van der Waals surface area contributed by atoms with Gasteiger partial charge in [-0.2, -0.15) is 0 Å². The lowest BCUT2D eigenvalue weighted by Crippen LogP contribution is -2.36. The van der Waals surface area contributed by atoms with Crippen molar-refractivity contribution in [2.45, 2.75) is 38.1 Å². The third-order valence-electron chi connectivity index (χ3n) is 4.84. The lowest BCUT2D eigenvalue weighted by atomic mass is 9.77. The number of anilines is 1. The summed E-state index contributed by atoms with van der Waals surface area (Å²) in [4.78, 5) is 12.4. The number of halogens is 2. The van der Waals surface area contributed by atoms with Crippen LogP contribution in [0.15, 0.2) is 48.5 Å². The quantitative estimate of drug-likeness (QED) is 0.699. The predicted octanol–water partition coefficient (Wildman–Crippen LogP) is 4.93. The van der Waals surface area contributed by atoms with Crippen molar-refractivity contribution < 1.29 is 4.79 Å². The molecule has 1 aliphatic rings. The Balaban J connectivity index is 0.00000225. The molecule has 0 bridgehead atoms. The van der Waals surface area contributed by atoms with E-state index in [1.165, 1.54) is 19.3 Å². The molecule has 5 heteroatoms. The molecule has 1 aliphatic carbocycles. The minimum absolute atomic E-state index is 0. The van der Waals surface area contributed by atoms with E-state index in [1.54, 1.807) is 0 Å². The third-order valence-corrected chi connectivity index (χ3v) is 5.10. The molecule has 1 fully saturated rings. The highest BCUT2D eigenvalue weighted by Crippen LogP contribution is 2.38. The molecule has 3 N–H and O–H groups in total. The number of carbonyl (C=O) groups is 1. The van der Waals surface area contributed by atoms with Crippen molar-refractivity contribution >= 4 is 35.6 Å². The lowest BCUT2D eigenvalue weighted by molar-refractivity contribution is -0.122. The fourth-order valence-electron chi connectivity index (χ4n) is 3.17. The number of carbonyl (C=O) groups excluding carboxylic acids is 1. The fourth-order valence-corrected chi connectivity index (χ4v) is 3.30. The van der Waals surface area contributed by atoms with Gasteiger partial charge in [0.05, 0.1) is 6.04 Å². The first kappa shape index (κ1) is 19.6. The fraction of sp³-hybridized carbons (Fsp3) is 0.350. The van der Waals surface area contributed by atoms with Crippen LogP contribution in [0.5, 0.6) is 0 Å². The molecule has 1 atom stereocenters. The largest absolute Gasteiger partial charge is 0.399 e. The van der Waals surface area contributed by atoms with E-state index >= 15 is 0 Å². The topological polar surface area (TPSA) is 55.1 Å². The first-order chi connectivity index (χ1) is 11.6. The van der Waals surface area contributed by atoms with Crippen LogP contribution in [-0.4, -0.2) is 5.91 Å². The monoisotopic (exact) mass is 378 g/mol. The number of nitrogens with one attached hydrogen (secondary N) is 1. The smallest absolute Gasteiger partial charge is 0.220 e. The van der Waals surface area contributed by atoms with E-state index < -0.39 is 0 Å². The molecule has 134 valence electrons. The number of aryl methyl sites for hydroxylation is 1. The van der Waals surface area contributed by atoms with Crippen LogP contribution >= 0.6 is 24.0 Å². The molecule has 0 heterocycles. The average Bonchev–Trinajstić information content (AvgIpc) is 2.52. The van der Waals surface area contributed by atoms with Gasteiger partial charge in [-0.05, 0) is 54.5 Å². The standard InChI is InChI=1S/C20H23ClN2O.ClH/c21-17-11-8-16(9-12-17)20(15-5-3-6-15)23-19(24)13-10-14-4-1-2-7-18(14)22;/h1-2,4,7-9,11-12,15,20H,3,5-6,10,13,22H2,(H,23,24);1H. The van der Waals surface area contributed by atoms with Crippen LogP contribution in [-0.2, 0) is 11.2 Å². The van der Waals surface area contributed by atoms with Crippen LogP contribution in [0, 0.1) is 5.92 Å². The highest BCUT2D eigenvalue weighted by atomic mass is 35.5. The van der Waals surface area contributed by atoms with Gasteiger partial charge in [0.15, 0.2) is 0 Å². The summed E-state index contributed by atoms with van der Waals surface area (Å²) in [6.45, 7) is 0. The summed E-state index contributed by atoms with van der Waals surface area (Å²) in [6.07, 6.45) is 4.69. The van der Waals surface area contributed by atoms with Crippen LogP contribution in [0.3, 0.4) is 0 Å².